The summed E-state index contributed by atoms with van der Waals surface area (Å²) in [4.78, 5) is 20.5. The van der Waals surface area contributed by atoms with Crippen molar-refractivity contribution in [1.82, 2.24) is 9.97 Å². The summed E-state index contributed by atoms with van der Waals surface area (Å²) in [6.45, 7) is 0. The number of para-hydroxylation sites is 1. The zero-order valence-electron chi connectivity index (χ0n) is 11.8. The van der Waals surface area contributed by atoms with E-state index < -0.39 is 6.09 Å². The van der Waals surface area contributed by atoms with Crippen LogP contribution in [-0.4, -0.2) is 23.2 Å². The van der Waals surface area contributed by atoms with Crippen molar-refractivity contribution in [2.24, 2.45) is 0 Å². The van der Waals surface area contributed by atoms with Crippen molar-refractivity contribution in [2.75, 3.05) is 18.2 Å². The maximum absolute atomic E-state index is 11.4. The van der Waals surface area contributed by atoms with E-state index >= 15 is 0 Å². The Kier molecular flexibility index (Phi) is 3.88. The maximum atomic E-state index is 11.4. The highest BCUT2D eigenvalue weighted by Gasteiger charge is 2.09. The molecule has 7 heteroatoms. The molecule has 4 N–H and O–H groups in total. The van der Waals surface area contributed by atoms with Crippen LogP contribution in [-0.2, 0) is 4.74 Å². The number of benzene rings is 2. The highest BCUT2D eigenvalue weighted by Crippen LogP contribution is 2.34. The summed E-state index contributed by atoms with van der Waals surface area (Å²) < 4.78 is 4.63. The molecule has 3 rings (SSSR count). The number of H-pyrrole nitrogens is 1. The van der Waals surface area contributed by atoms with E-state index in [2.05, 4.69) is 20.0 Å². The van der Waals surface area contributed by atoms with Gasteiger partial charge in [0.15, 0.2) is 5.95 Å². The molecule has 0 saturated heterocycles. The van der Waals surface area contributed by atoms with Gasteiger partial charge in [0.25, 0.3) is 0 Å². The van der Waals surface area contributed by atoms with E-state index in [0.717, 1.165) is 20.8 Å². The lowest BCUT2D eigenvalue weighted by molar-refractivity contribution is 0.187. The molecule has 1 aromatic heterocycles. The van der Waals surface area contributed by atoms with Crippen molar-refractivity contribution in [1.29, 1.82) is 0 Å². The van der Waals surface area contributed by atoms with Gasteiger partial charge in [-0.05, 0) is 30.3 Å². The average molecular weight is 314 g/mol. The van der Waals surface area contributed by atoms with E-state index in [1.807, 2.05) is 42.5 Å². The number of nitrogens with one attached hydrogen (secondary N) is 2. The third kappa shape index (κ3) is 2.99. The zero-order chi connectivity index (χ0) is 15.5. The van der Waals surface area contributed by atoms with Gasteiger partial charge in [-0.3, -0.25) is 5.32 Å². The topological polar surface area (TPSA) is 93.0 Å². The van der Waals surface area contributed by atoms with Crippen molar-refractivity contribution >= 4 is 40.5 Å². The lowest BCUT2D eigenvalue weighted by Gasteiger charge is -2.09. The number of fused-ring (bicyclic) bond motifs is 1. The largest absolute Gasteiger partial charge is 0.453 e. The number of rotatable bonds is 3. The minimum Gasteiger partial charge on any atom is -0.453 e. The number of methoxy groups -OCH3 is 1. The van der Waals surface area contributed by atoms with E-state index in [9.17, 15) is 4.79 Å². The van der Waals surface area contributed by atoms with Crippen molar-refractivity contribution in [3.05, 3.63) is 42.5 Å². The molecule has 0 aliphatic carbocycles. The first-order chi connectivity index (χ1) is 10.7. The van der Waals surface area contributed by atoms with Gasteiger partial charge < -0.3 is 15.5 Å². The molecule has 0 radical (unpaired) electrons. The van der Waals surface area contributed by atoms with Crippen LogP contribution >= 0.6 is 11.8 Å². The summed E-state index contributed by atoms with van der Waals surface area (Å²) in [5.41, 5.74) is 8.05. The number of amides is 1. The lowest BCUT2D eigenvalue weighted by atomic mass is 10.3. The van der Waals surface area contributed by atoms with Gasteiger partial charge in [-0.2, -0.15) is 0 Å². The summed E-state index contributed by atoms with van der Waals surface area (Å²) >= 11 is 1.53. The number of nitrogen functional groups attached to an aromatic ring is 1. The Morgan fingerprint density at radius 1 is 1.32 bits per heavy atom. The van der Waals surface area contributed by atoms with Crippen LogP contribution in [0.25, 0.3) is 11.0 Å². The van der Waals surface area contributed by atoms with Crippen molar-refractivity contribution in [3.63, 3.8) is 0 Å². The molecule has 0 unspecified atom stereocenters. The van der Waals surface area contributed by atoms with Crippen LogP contribution in [0.5, 0.6) is 0 Å². The third-order valence-corrected chi connectivity index (χ3v) is 4.07. The van der Waals surface area contributed by atoms with Gasteiger partial charge in [0, 0.05) is 9.79 Å². The first-order valence-corrected chi connectivity index (χ1v) is 7.34. The fraction of sp³-hybridized carbons (Fsp3) is 0.0667. The fourth-order valence-corrected chi connectivity index (χ4v) is 2.96. The van der Waals surface area contributed by atoms with Crippen molar-refractivity contribution in [2.45, 2.75) is 9.79 Å². The van der Waals surface area contributed by atoms with Gasteiger partial charge in [0.2, 0.25) is 0 Å². The van der Waals surface area contributed by atoms with Gasteiger partial charge in [-0.25, -0.2) is 9.78 Å². The van der Waals surface area contributed by atoms with Gasteiger partial charge in [0.1, 0.15) is 0 Å². The summed E-state index contributed by atoms with van der Waals surface area (Å²) in [6.07, 6.45) is -0.496. The van der Waals surface area contributed by atoms with Crippen LogP contribution in [0.3, 0.4) is 0 Å². The van der Waals surface area contributed by atoms with Crippen LogP contribution in [0.15, 0.2) is 52.3 Å². The molecule has 0 bridgehead atoms. The molecule has 0 aliphatic rings. The molecule has 112 valence electrons. The zero-order valence-corrected chi connectivity index (χ0v) is 12.6. The van der Waals surface area contributed by atoms with E-state index in [4.69, 9.17) is 5.73 Å². The Morgan fingerprint density at radius 3 is 2.95 bits per heavy atom. The summed E-state index contributed by atoms with van der Waals surface area (Å²) in [5, 5.41) is 2.70. The van der Waals surface area contributed by atoms with Gasteiger partial charge in [0.05, 0.1) is 23.8 Å². The number of carbonyl (C=O) groups is 1. The number of nitrogens with two attached hydrogens (primary N) is 1. The number of ether oxygens (including phenoxy) is 1. The number of anilines is 2. The number of aromatic amines is 1. The normalized spacial score (nSPS) is 10.6. The molecular weight excluding hydrogens is 300 g/mol. The standard InChI is InChI=1S/C15H14N4O2S/c1-21-15(20)19-11-4-2-3-5-13(11)22-9-6-7-10-12(8-9)18-14(16)17-10/h2-8H,1H3,(H,19,20)(H3,16,17,18). The Balaban J connectivity index is 1.89. The van der Waals surface area contributed by atoms with Gasteiger partial charge >= 0.3 is 6.09 Å². The second-order valence-corrected chi connectivity index (χ2v) is 5.63. The van der Waals surface area contributed by atoms with E-state index in [1.54, 1.807) is 0 Å². The first kappa shape index (κ1) is 14.3. The summed E-state index contributed by atoms with van der Waals surface area (Å²) in [5.74, 6) is 0.393. The summed E-state index contributed by atoms with van der Waals surface area (Å²) in [7, 11) is 1.33. The van der Waals surface area contributed by atoms with Crippen molar-refractivity contribution < 1.29 is 9.53 Å². The molecule has 1 amide bonds. The molecule has 2 aromatic carbocycles. The molecule has 0 atom stereocenters. The van der Waals surface area contributed by atoms with Gasteiger partial charge in [-0.15, -0.1) is 0 Å². The van der Waals surface area contributed by atoms with E-state index in [-0.39, 0.29) is 0 Å². The fourth-order valence-electron chi connectivity index (χ4n) is 2.02. The molecule has 6 nitrogen and oxygen atoms in total. The number of carbonyl (C=O) groups excluding carboxylic acids is 1. The predicted octanol–water partition coefficient (Wildman–Crippen LogP) is 3.47. The second-order valence-electron chi connectivity index (χ2n) is 4.52. The van der Waals surface area contributed by atoms with Crippen LogP contribution in [0, 0.1) is 0 Å². The van der Waals surface area contributed by atoms with Crippen LogP contribution in [0.2, 0.25) is 0 Å². The van der Waals surface area contributed by atoms with Crippen LogP contribution in [0.4, 0.5) is 16.4 Å². The predicted molar refractivity (Wildman–Crippen MR) is 87.1 cm³/mol. The Morgan fingerprint density at radius 2 is 2.14 bits per heavy atom. The average Bonchev–Trinajstić information content (AvgIpc) is 2.88. The number of nitrogens with zero attached hydrogens (tertiary/aromatic N) is 1. The highest BCUT2D eigenvalue weighted by molar-refractivity contribution is 7.99. The molecule has 0 spiro atoms. The van der Waals surface area contributed by atoms with E-state index in [1.165, 1.54) is 18.9 Å². The quantitative estimate of drug-likeness (QED) is 0.688. The lowest BCUT2D eigenvalue weighted by Crippen LogP contribution is -2.11. The molecule has 1 heterocycles. The van der Waals surface area contributed by atoms with Gasteiger partial charge in [-0.1, -0.05) is 23.9 Å². The molecule has 0 aliphatic heterocycles. The minimum absolute atomic E-state index is 0.393. The minimum atomic E-state index is -0.496. The SMILES string of the molecule is COC(=O)Nc1ccccc1Sc1ccc2nc(N)[nH]c2c1. The molecule has 3 aromatic rings. The summed E-state index contributed by atoms with van der Waals surface area (Å²) in [6, 6.07) is 13.4. The number of aromatic nitrogens is 2. The molecular formula is C15H14N4O2S. The highest BCUT2D eigenvalue weighted by atomic mass is 32.2. The Hall–Kier alpha value is -2.67. The Bertz CT molecular complexity index is 831. The number of hydrogen-bond acceptors (Lipinski definition) is 5. The molecule has 0 fully saturated rings. The molecule has 22 heavy (non-hydrogen) atoms. The first-order valence-electron chi connectivity index (χ1n) is 6.53. The third-order valence-electron chi connectivity index (χ3n) is 3.01. The smallest absolute Gasteiger partial charge is 0.411 e. The van der Waals surface area contributed by atoms with E-state index in [0.29, 0.717) is 11.6 Å². The Labute approximate surface area is 131 Å². The van der Waals surface area contributed by atoms with Crippen LogP contribution in [0.1, 0.15) is 0 Å². The van der Waals surface area contributed by atoms with Crippen molar-refractivity contribution in [3.8, 4) is 0 Å². The second kappa shape index (κ2) is 5.98. The van der Waals surface area contributed by atoms with Crippen LogP contribution < -0.4 is 11.1 Å². The monoisotopic (exact) mass is 314 g/mol. The number of hydrogen-bond donors (Lipinski definition) is 3. The number of imidazole rings is 1. The maximum Gasteiger partial charge on any atom is 0.411 e. The molecule has 0 saturated carbocycles.